The molecular weight excluding hydrogens is 412 g/mol. The lowest BCUT2D eigenvalue weighted by molar-refractivity contribution is 0.102. The molecule has 3 aromatic carbocycles. The number of fused-ring (bicyclic) bond motifs is 2. The quantitative estimate of drug-likeness (QED) is 0.495. The zero-order valence-corrected chi connectivity index (χ0v) is 17.5. The normalized spacial score (nSPS) is 12.4. The summed E-state index contributed by atoms with van der Waals surface area (Å²) in [6.45, 7) is 0.963. The molecule has 1 amide bonds. The number of carbonyl (C=O) groups is 1. The number of carbonyl (C=O) groups excluding carboxylic acids is 1. The van der Waals surface area contributed by atoms with Gasteiger partial charge in [-0.2, -0.15) is 0 Å². The van der Waals surface area contributed by atoms with Crippen LogP contribution in [0, 0.1) is 0 Å². The Bertz CT molecular complexity index is 1310. The zero-order chi connectivity index (χ0) is 22.1. The first kappa shape index (κ1) is 19.7. The largest absolute Gasteiger partial charge is 0.493 e. The molecule has 0 saturated carbocycles. The average Bonchev–Trinajstić information content (AvgIpc) is 3.26. The zero-order valence-electron chi connectivity index (χ0n) is 17.5. The molecule has 1 N–H and O–H groups in total. The van der Waals surface area contributed by atoms with Gasteiger partial charge in [0.25, 0.3) is 5.91 Å². The third kappa shape index (κ3) is 3.66. The molecule has 4 aromatic rings. The van der Waals surface area contributed by atoms with E-state index in [0.717, 1.165) is 5.56 Å². The van der Waals surface area contributed by atoms with E-state index in [1.807, 2.05) is 6.07 Å². The van der Waals surface area contributed by atoms with E-state index in [2.05, 4.69) is 10.3 Å². The number of amides is 1. The van der Waals surface area contributed by atoms with E-state index in [-0.39, 0.29) is 5.91 Å². The SMILES string of the molecule is COc1ccc(-c2nc3cc(NC(=O)c4ccc5c(c4)OCCO5)ccc3o2)cc1OC. The van der Waals surface area contributed by atoms with Crippen LogP contribution in [0.3, 0.4) is 0 Å². The summed E-state index contributed by atoms with van der Waals surface area (Å²) < 4.78 is 27.6. The van der Waals surface area contributed by atoms with Gasteiger partial charge in [-0.05, 0) is 54.6 Å². The van der Waals surface area contributed by atoms with Gasteiger partial charge < -0.3 is 28.7 Å². The predicted molar refractivity (Wildman–Crippen MR) is 118 cm³/mol. The van der Waals surface area contributed by atoms with Gasteiger partial charge in [0, 0.05) is 16.8 Å². The van der Waals surface area contributed by atoms with Gasteiger partial charge in [-0.15, -0.1) is 0 Å². The summed E-state index contributed by atoms with van der Waals surface area (Å²) in [7, 11) is 3.15. The van der Waals surface area contributed by atoms with Crippen molar-refractivity contribution in [3.8, 4) is 34.5 Å². The minimum absolute atomic E-state index is 0.259. The first-order valence-electron chi connectivity index (χ1n) is 9.98. The van der Waals surface area contributed by atoms with Gasteiger partial charge in [0.1, 0.15) is 18.7 Å². The molecule has 0 unspecified atom stereocenters. The Kier molecular flexibility index (Phi) is 5.03. The molecule has 8 heteroatoms. The van der Waals surface area contributed by atoms with Gasteiger partial charge in [0.05, 0.1) is 14.2 Å². The van der Waals surface area contributed by atoms with E-state index in [0.29, 0.717) is 64.5 Å². The van der Waals surface area contributed by atoms with Crippen molar-refractivity contribution >= 4 is 22.7 Å². The van der Waals surface area contributed by atoms with E-state index in [1.165, 1.54) is 0 Å². The van der Waals surface area contributed by atoms with Crippen molar-refractivity contribution in [3.63, 3.8) is 0 Å². The van der Waals surface area contributed by atoms with Gasteiger partial charge >= 0.3 is 0 Å². The van der Waals surface area contributed by atoms with Gasteiger partial charge in [-0.1, -0.05) is 0 Å². The van der Waals surface area contributed by atoms with Crippen LogP contribution in [0.4, 0.5) is 5.69 Å². The van der Waals surface area contributed by atoms with Gasteiger partial charge in [0.15, 0.2) is 28.6 Å². The van der Waals surface area contributed by atoms with E-state index < -0.39 is 0 Å². The first-order valence-corrected chi connectivity index (χ1v) is 9.98. The van der Waals surface area contributed by atoms with Crippen molar-refractivity contribution in [1.29, 1.82) is 0 Å². The number of rotatable bonds is 5. The molecule has 0 spiro atoms. The molecule has 0 fully saturated rings. The molecule has 2 heterocycles. The highest BCUT2D eigenvalue weighted by atomic mass is 16.6. The molecule has 0 atom stereocenters. The maximum absolute atomic E-state index is 12.7. The topological polar surface area (TPSA) is 92.1 Å². The molecule has 1 aromatic heterocycles. The van der Waals surface area contributed by atoms with Crippen LogP contribution in [0.15, 0.2) is 59.0 Å². The molecule has 1 aliphatic rings. The number of nitrogens with zero attached hydrogens (tertiary/aromatic N) is 1. The number of anilines is 1. The summed E-state index contributed by atoms with van der Waals surface area (Å²) in [4.78, 5) is 17.3. The molecule has 0 bridgehead atoms. The number of aromatic nitrogens is 1. The lowest BCUT2D eigenvalue weighted by Crippen LogP contribution is -2.17. The Labute approximate surface area is 183 Å². The first-order chi connectivity index (χ1) is 15.6. The Morgan fingerprint density at radius 3 is 2.53 bits per heavy atom. The second kappa shape index (κ2) is 8.14. The molecule has 162 valence electrons. The van der Waals surface area contributed by atoms with Crippen molar-refractivity contribution < 1.29 is 28.2 Å². The smallest absolute Gasteiger partial charge is 0.255 e. The fourth-order valence-corrected chi connectivity index (χ4v) is 3.49. The van der Waals surface area contributed by atoms with Crippen LogP contribution in [0.25, 0.3) is 22.6 Å². The number of ether oxygens (including phenoxy) is 4. The molecule has 0 saturated heterocycles. The molecular formula is C24H20N2O6. The summed E-state index contributed by atoms with van der Waals surface area (Å²) in [5.41, 5.74) is 3.05. The Morgan fingerprint density at radius 2 is 1.72 bits per heavy atom. The van der Waals surface area contributed by atoms with E-state index in [4.69, 9.17) is 23.4 Å². The van der Waals surface area contributed by atoms with Crippen LogP contribution in [-0.2, 0) is 0 Å². The van der Waals surface area contributed by atoms with Crippen molar-refractivity contribution in [1.82, 2.24) is 4.98 Å². The standard InChI is InChI=1S/C24H20N2O6/c1-28-19-6-4-15(12-21(19)29-2)24-26-17-13-16(5-8-18(17)32-24)25-23(27)14-3-7-20-22(11-14)31-10-9-30-20/h3-8,11-13H,9-10H2,1-2H3,(H,25,27). The molecule has 5 rings (SSSR count). The fourth-order valence-electron chi connectivity index (χ4n) is 3.49. The van der Waals surface area contributed by atoms with Crippen LogP contribution in [0.5, 0.6) is 23.0 Å². The average molecular weight is 432 g/mol. The highest BCUT2D eigenvalue weighted by Gasteiger charge is 2.16. The highest BCUT2D eigenvalue weighted by Crippen LogP contribution is 2.34. The van der Waals surface area contributed by atoms with Crippen molar-refractivity contribution in [2.75, 3.05) is 32.8 Å². The van der Waals surface area contributed by atoms with Gasteiger partial charge in [0.2, 0.25) is 5.89 Å². The summed E-state index contributed by atoms with van der Waals surface area (Å²) in [5, 5.41) is 2.89. The van der Waals surface area contributed by atoms with Crippen molar-refractivity contribution in [2.24, 2.45) is 0 Å². The summed E-state index contributed by atoms with van der Waals surface area (Å²) in [6, 6.07) is 15.8. The van der Waals surface area contributed by atoms with Crippen LogP contribution in [0.2, 0.25) is 0 Å². The molecule has 32 heavy (non-hydrogen) atoms. The van der Waals surface area contributed by atoms with Crippen molar-refractivity contribution in [3.05, 3.63) is 60.2 Å². The van der Waals surface area contributed by atoms with Crippen LogP contribution in [0.1, 0.15) is 10.4 Å². The molecule has 1 aliphatic heterocycles. The minimum Gasteiger partial charge on any atom is -0.493 e. The van der Waals surface area contributed by atoms with Crippen LogP contribution < -0.4 is 24.3 Å². The predicted octanol–water partition coefficient (Wildman–Crippen LogP) is 4.54. The number of hydrogen-bond donors (Lipinski definition) is 1. The molecule has 0 aliphatic carbocycles. The highest BCUT2D eigenvalue weighted by molar-refractivity contribution is 6.05. The fraction of sp³-hybridized carbons (Fsp3) is 0.167. The molecule has 8 nitrogen and oxygen atoms in total. The van der Waals surface area contributed by atoms with Crippen LogP contribution >= 0.6 is 0 Å². The third-order valence-electron chi connectivity index (χ3n) is 5.08. The Balaban J connectivity index is 1.39. The van der Waals surface area contributed by atoms with Crippen molar-refractivity contribution in [2.45, 2.75) is 0 Å². The monoisotopic (exact) mass is 432 g/mol. The second-order valence-corrected chi connectivity index (χ2v) is 7.08. The number of benzene rings is 3. The second-order valence-electron chi connectivity index (χ2n) is 7.08. The lowest BCUT2D eigenvalue weighted by atomic mass is 10.1. The van der Waals surface area contributed by atoms with E-state index >= 15 is 0 Å². The lowest BCUT2D eigenvalue weighted by Gasteiger charge is -2.18. The summed E-state index contributed by atoms with van der Waals surface area (Å²) >= 11 is 0. The van der Waals surface area contributed by atoms with E-state index in [9.17, 15) is 4.79 Å². The molecule has 0 radical (unpaired) electrons. The van der Waals surface area contributed by atoms with Gasteiger partial charge in [-0.25, -0.2) is 4.98 Å². The number of oxazole rings is 1. The summed E-state index contributed by atoms with van der Waals surface area (Å²) in [6.07, 6.45) is 0. The maximum atomic E-state index is 12.7. The van der Waals surface area contributed by atoms with E-state index in [1.54, 1.807) is 62.8 Å². The van der Waals surface area contributed by atoms with Gasteiger partial charge in [-0.3, -0.25) is 4.79 Å². The van der Waals surface area contributed by atoms with Crippen LogP contribution in [-0.4, -0.2) is 38.3 Å². The number of methoxy groups -OCH3 is 2. The Hall–Kier alpha value is -4.20. The third-order valence-corrected chi connectivity index (χ3v) is 5.08. The maximum Gasteiger partial charge on any atom is 0.255 e. The number of hydrogen-bond acceptors (Lipinski definition) is 7. The number of nitrogens with one attached hydrogen (secondary N) is 1. The summed E-state index contributed by atoms with van der Waals surface area (Å²) in [5.74, 6) is 2.59. The minimum atomic E-state index is -0.259. The Morgan fingerprint density at radius 1 is 0.906 bits per heavy atom.